The van der Waals surface area contributed by atoms with Gasteiger partial charge in [0.05, 0.1) is 23.2 Å². The molecule has 3 aromatic rings. The van der Waals surface area contributed by atoms with Gasteiger partial charge >= 0.3 is 10.3 Å². The van der Waals surface area contributed by atoms with Gasteiger partial charge in [-0.1, -0.05) is 28.1 Å². The molecule has 1 fully saturated rings. The quantitative estimate of drug-likeness (QED) is 0.277. The molecule has 35 heavy (non-hydrogen) atoms. The van der Waals surface area contributed by atoms with Gasteiger partial charge in [-0.15, -0.1) is 11.3 Å². The number of carbonyl (C=O) groups is 1. The highest BCUT2D eigenvalue weighted by atomic mass is 79.9. The summed E-state index contributed by atoms with van der Waals surface area (Å²) in [5.74, 6) is -0.442. The third-order valence-electron chi connectivity index (χ3n) is 5.73. The molecule has 1 aliphatic rings. The Bertz CT molecular complexity index is 1320. The number of ketones is 1. The molecule has 0 saturated heterocycles. The molecule has 1 aliphatic carbocycles. The molecule has 10 nitrogen and oxygen atoms in total. The van der Waals surface area contributed by atoms with Crippen molar-refractivity contribution in [1.29, 1.82) is 0 Å². The molecule has 4 rings (SSSR count). The molecule has 0 aliphatic heterocycles. The predicted octanol–water partition coefficient (Wildman–Crippen LogP) is 2.38. The second-order valence-electron chi connectivity index (χ2n) is 8.23. The minimum absolute atomic E-state index is 0.230. The van der Waals surface area contributed by atoms with Crippen LogP contribution in [0.15, 0.2) is 52.7 Å². The van der Waals surface area contributed by atoms with Crippen molar-refractivity contribution in [2.75, 3.05) is 11.9 Å². The van der Waals surface area contributed by atoms with Crippen molar-refractivity contribution in [3.8, 4) is 0 Å². The van der Waals surface area contributed by atoms with Crippen LogP contribution in [0.1, 0.15) is 45.3 Å². The smallest absolute Gasteiger partial charge is 0.333 e. The maximum Gasteiger partial charge on any atom is 0.333 e. The second-order valence-corrected chi connectivity index (χ2v) is 11.3. The van der Waals surface area contributed by atoms with Gasteiger partial charge < -0.3 is 15.5 Å². The number of hydrogen-bond donors (Lipinski definition) is 4. The van der Waals surface area contributed by atoms with Crippen LogP contribution >= 0.6 is 27.3 Å². The molecule has 0 radical (unpaired) electrons. The van der Waals surface area contributed by atoms with Gasteiger partial charge in [-0.05, 0) is 47.5 Å². The average molecular weight is 583 g/mol. The summed E-state index contributed by atoms with van der Waals surface area (Å²) in [6.07, 6.45) is 1.76. The van der Waals surface area contributed by atoms with E-state index in [4.69, 9.17) is 5.14 Å². The molecule has 0 unspecified atom stereocenters. The standard InChI is InChI=1S/C22H23BrN4O6S2/c23-15-3-1-2-12(4-15)20(29)14-6-19(34-10-14)21(30)17-8-25-11-26-22(17)27-16-5-13(18(28)7-16)9-33-35(24,31)32/h1-4,6,8,10-11,13,16,18,20,28-29H,5,7,9H2,(H2,24,31,32)(H,25,26,27)/t13-,16-,18+,20-/m1/s1. The normalized spacial score (nSPS) is 21.1. The van der Waals surface area contributed by atoms with Crippen molar-refractivity contribution >= 4 is 49.2 Å². The lowest BCUT2D eigenvalue weighted by molar-refractivity contribution is 0.101. The molecule has 186 valence electrons. The zero-order chi connectivity index (χ0) is 25.2. The van der Waals surface area contributed by atoms with Crippen LogP contribution in [0.25, 0.3) is 0 Å². The monoisotopic (exact) mass is 582 g/mol. The lowest BCUT2D eigenvalue weighted by Gasteiger charge is -2.15. The van der Waals surface area contributed by atoms with Gasteiger partial charge in [0.25, 0.3) is 0 Å². The van der Waals surface area contributed by atoms with Crippen molar-refractivity contribution in [2.45, 2.75) is 31.1 Å². The number of thiophene rings is 1. The van der Waals surface area contributed by atoms with E-state index in [1.54, 1.807) is 17.5 Å². The van der Waals surface area contributed by atoms with Crippen LogP contribution in [-0.2, 0) is 14.5 Å². The number of benzene rings is 1. The largest absolute Gasteiger partial charge is 0.393 e. The maximum atomic E-state index is 13.3. The summed E-state index contributed by atoms with van der Waals surface area (Å²) in [6.45, 7) is -0.230. The summed E-state index contributed by atoms with van der Waals surface area (Å²) in [5, 5.41) is 30.8. The fourth-order valence-corrected chi connectivity index (χ4v) is 5.66. The topological polar surface area (TPSA) is 165 Å². The Kier molecular flexibility index (Phi) is 7.96. The van der Waals surface area contributed by atoms with E-state index in [0.29, 0.717) is 34.7 Å². The summed E-state index contributed by atoms with van der Waals surface area (Å²) < 4.78 is 27.6. The van der Waals surface area contributed by atoms with Crippen LogP contribution in [-0.4, -0.2) is 53.1 Å². The Morgan fingerprint density at radius 2 is 2.11 bits per heavy atom. The van der Waals surface area contributed by atoms with Gasteiger partial charge in [-0.25, -0.2) is 15.1 Å². The fraction of sp³-hybridized carbons (Fsp3) is 0.318. The number of halogens is 1. The highest BCUT2D eigenvalue weighted by Gasteiger charge is 2.35. The number of aliphatic hydroxyl groups is 2. The summed E-state index contributed by atoms with van der Waals surface area (Å²) in [7, 11) is -4.10. The molecule has 13 heteroatoms. The van der Waals surface area contributed by atoms with E-state index < -0.39 is 28.4 Å². The number of anilines is 1. The van der Waals surface area contributed by atoms with E-state index in [9.17, 15) is 23.4 Å². The molecule has 1 saturated carbocycles. The SMILES string of the molecule is NS(=O)(=O)OC[C@H]1C[C@@H](Nc2ncncc2C(=O)c2cc([C@H](O)c3cccc(Br)c3)cs2)C[C@@H]1O. The van der Waals surface area contributed by atoms with Crippen LogP contribution in [0.4, 0.5) is 5.82 Å². The van der Waals surface area contributed by atoms with Crippen molar-refractivity contribution in [3.05, 3.63) is 74.3 Å². The van der Waals surface area contributed by atoms with E-state index >= 15 is 0 Å². The number of nitrogens with two attached hydrogens (primary N) is 1. The van der Waals surface area contributed by atoms with E-state index in [0.717, 1.165) is 4.47 Å². The van der Waals surface area contributed by atoms with Gasteiger partial charge in [-0.2, -0.15) is 8.42 Å². The highest BCUT2D eigenvalue weighted by Crippen LogP contribution is 2.32. The van der Waals surface area contributed by atoms with Crippen LogP contribution in [0.3, 0.4) is 0 Å². The van der Waals surface area contributed by atoms with E-state index in [1.165, 1.54) is 23.9 Å². The Morgan fingerprint density at radius 1 is 1.31 bits per heavy atom. The van der Waals surface area contributed by atoms with E-state index in [-0.39, 0.29) is 24.0 Å². The number of nitrogens with one attached hydrogen (secondary N) is 1. The number of aliphatic hydroxyl groups excluding tert-OH is 2. The summed E-state index contributed by atoms with van der Waals surface area (Å²) in [5.41, 5.74) is 1.54. The van der Waals surface area contributed by atoms with Crippen LogP contribution in [0, 0.1) is 5.92 Å². The van der Waals surface area contributed by atoms with Gasteiger partial charge in [0.1, 0.15) is 18.2 Å². The number of hydrogen-bond acceptors (Lipinski definition) is 10. The van der Waals surface area contributed by atoms with Crippen LogP contribution < -0.4 is 10.5 Å². The fourth-order valence-electron chi connectivity index (χ4n) is 4.00. The van der Waals surface area contributed by atoms with Crippen LogP contribution in [0.2, 0.25) is 0 Å². The van der Waals surface area contributed by atoms with Crippen molar-refractivity contribution < 1.29 is 27.6 Å². The molecule has 4 atom stereocenters. The molecule has 0 amide bonds. The van der Waals surface area contributed by atoms with Gasteiger partial charge in [0.15, 0.2) is 0 Å². The Morgan fingerprint density at radius 3 is 2.86 bits per heavy atom. The average Bonchev–Trinajstić information content (AvgIpc) is 3.43. The van der Waals surface area contributed by atoms with Gasteiger partial charge in [0, 0.05) is 22.6 Å². The van der Waals surface area contributed by atoms with Crippen molar-refractivity contribution in [2.24, 2.45) is 11.1 Å². The number of carbonyl (C=O) groups excluding carboxylic acids is 1. The summed E-state index contributed by atoms with van der Waals surface area (Å²) in [6, 6.07) is 8.69. The molecule has 1 aromatic carbocycles. The maximum absolute atomic E-state index is 13.3. The molecule has 2 aromatic heterocycles. The van der Waals surface area contributed by atoms with E-state index in [1.807, 2.05) is 18.2 Å². The van der Waals surface area contributed by atoms with E-state index in [2.05, 4.69) is 35.4 Å². The first-order chi connectivity index (χ1) is 16.6. The number of aromatic nitrogens is 2. The zero-order valence-electron chi connectivity index (χ0n) is 18.2. The Hall–Kier alpha value is -2.26. The number of nitrogens with zero attached hydrogens (tertiary/aromatic N) is 2. The van der Waals surface area contributed by atoms with Crippen molar-refractivity contribution in [1.82, 2.24) is 9.97 Å². The first-order valence-electron chi connectivity index (χ1n) is 10.6. The minimum Gasteiger partial charge on any atom is -0.393 e. The van der Waals surface area contributed by atoms with Gasteiger partial charge in [-0.3, -0.25) is 8.98 Å². The summed E-state index contributed by atoms with van der Waals surface area (Å²) >= 11 is 4.60. The first kappa shape index (κ1) is 25.8. The highest BCUT2D eigenvalue weighted by molar-refractivity contribution is 9.10. The first-order valence-corrected chi connectivity index (χ1v) is 13.7. The Labute approximate surface area is 214 Å². The minimum atomic E-state index is -4.10. The lowest BCUT2D eigenvalue weighted by Crippen LogP contribution is -2.24. The molecule has 5 N–H and O–H groups in total. The number of rotatable bonds is 9. The third-order valence-corrected chi connectivity index (χ3v) is 7.63. The lowest BCUT2D eigenvalue weighted by atomic mass is 10.0. The second kappa shape index (κ2) is 10.8. The van der Waals surface area contributed by atoms with Crippen molar-refractivity contribution in [3.63, 3.8) is 0 Å². The van der Waals surface area contributed by atoms with Crippen LogP contribution in [0.5, 0.6) is 0 Å². The molecule has 0 bridgehead atoms. The third kappa shape index (κ3) is 6.50. The zero-order valence-corrected chi connectivity index (χ0v) is 21.5. The predicted molar refractivity (Wildman–Crippen MR) is 133 cm³/mol. The molecule has 0 spiro atoms. The molecule has 2 heterocycles. The Balaban J connectivity index is 1.47. The van der Waals surface area contributed by atoms with Gasteiger partial charge in [0.2, 0.25) is 5.78 Å². The summed E-state index contributed by atoms with van der Waals surface area (Å²) in [4.78, 5) is 21.9. The molecular formula is C22H23BrN4O6S2. The molecular weight excluding hydrogens is 560 g/mol.